The number of nitrogens with one attached hydrogen (secondary N) is 1. The summed E-state index contributed by atoms with van der Waals surface area (Å²) in [7, 11) is 4.88. The fraction of sp³-hybridized carbons (Fsp3) is 0.625. The normalized spacial score (nSPS) is 14.0. The average Bonchev–Trinajstić information content (AvgIpc) is 2.45. The molecule has 1 aromatic carbocycles. The van der Waals surface area contributed by atoms with E-state index < -0.39 is 0 Å². The first-order chi connectivity index (χ1) is 9.44. The van der Waals surface area contributed by atoms with Crippen LogP contribution < -0.4 is 19.5 Å². The molecule has 0 heterocycles. The average molecular weight is 281 g/mol. The van der Waals surface area contributed by atoms with E-state index in [-0.39, 0.29) is 6.04 Å². The van der Waals surface area contributed by atoms with Crippen LogP contribution in [0.5, 0.6) is 17.2 Å². The molecular formula is C16H27NO3. The van der Waals surface area contributed by atoms with Gasteiger partial charge in [-0.25, -0.2) is 0 Å². The number of ether oxygens (including phenoxy) is 3. The van der Waals surface area contributed by atoms with Gasteiger partial charge in [-0.15, -0.1) is 0 Å². The Morgan fingerprint density at radius 3 is 1.70 bits per heavy atom. The molecule has 4 heteroatoms. The molecule has 0 aliphatic carbocycles. The van der Waals surface area contributed by atoms with Crippen molar-refractivity contribution in [1.82, 2.24) is 5.32 Å². The number of methoxy groups -OCH3 is 3. The Balaban J connectivity index is 3.06. The zero-order valence-electron chi connectivity index (χ0n) is 13.6. The van der Waals surface area contributed by atoms with Gasteiger partial charge in [-0.05, 0) is 37.5 Å². The molecule has 0 saturated carbocycles. The van der Waals surface area contributed by atoms with E-state index in [2.05, 4.69) is 33.0 Å². The monoisotopic (exact) mass is 281 g/mol. The fourth-order valence-electron chi connectivity index (χ4n) is 2.03. The van der Waals surface area contributed by atoms with E-state index in [1.807, 2.05) is 12.1 Å². The first-order valence-electron chi connectivity index (χ1n) is 7.00. The van der Waals surface area contributed by atoms with Crippen molar-refractivity contribution in [2.45, 2.75) is 39.8 Å². The van der Waals surface area contributed by atoms with Crippen molar-refractivity contribution in [3.8, 4) is 17.2 Å². The molecular weight excluding hydrogens is 254 g/mol. The molecule has 0 aliphatic rings. The van der Waals surface area contributed by atoms with Crippen molar-refractivity contribution in [2.75, 3.05) is 21.3 Å². The third-order valence-corrected chi connectivity index (χ3v) is 3.70. The summed E-state index contributed by atoms with van der Waals surface area (Å²) in [5.41, 5.74) is 1.12. The van der Waals surface area contributed by atoms with Gasteiger partial charge in [0.1, 0.15) is 0 Å². The molecule has 0 spiro atoms. The van der Waals surface area contributed by atoms with Crippen LogP contribution in [-0.4, -0.2) is 27.4 Å². The first kappa shape index (κ1) is 16.6. The highest BCUT2D eigenvalue weighted by atomic mass is 16.5. The molecule has 0 aliphatic heterocycles. The molecule has 2 unspecified atom stereocenters. The van der Waals surface area contributed by atoms with E-state index in [4.69, 9.17) is 14.2 Å². The maximum atomic E-state index is 5.39. The summed E-state index contributed by atoms with van der Waals surface area (Å²) in [5.74, 6) is 2.59. The Labute approximate surface area is 122 Å². The van der Waals surface area contributed by atoms with Crippen LogP contribution in [0, 0.1) is 5.92 Å². The van der Waals surface area contributed by atoms with Crippen LogP contribution in [0.3, 0.4) is 0 Å². The van der Waals surface area contributed by atoms with Gasteiger partial charge in [0.2, 0.25) is 5.75 Å². The van der Waals surface area contributed by atoms with Crippen LogP contribution in [0.25, 0.3) is 0 Å². The topological polar surface area (TPSA) is 39.7 Å². The molecule has 0 radical (unpaired) electrons. The maximum absolute atomic E-state index is 5.39. The molecule has 0 bridgehead atoms. The van der Waals surface area contributed by atoms with E-state index in [0.717, 1.165) is 5.56 Å². The van der Waals surface area contributed by atoms with E-state index in [1.54, 1.807) is 21.3 Å². The molecule has 0 saturated heterocycles. The van der Waals surface area contributed by atoms with Crippen LogP contribution >= 0.6 is 0 Å². The third-order valence-electron chi connectivity index (χ3n) is 3.70. The van der Waals surface area contributed by atoms with Crippen LogP contribution in [0.4, 0.5) is 0 Å². The van der Waals surface area contributed by atoms with E-state index >= 15 is 0 Å². The summed E-state index contributed by atoms with van der Waals surface area (Å²) < 4.78 is 16.1. The Kier molecular flexibility index (Phi) is 6.14. The van der Waals surface area contributed by atoms with Gasteiger partial charge < -0.3 is 19.5 Å². The van der Waals surface area contributed by atoms with E-state index in [0.29, 0.717) is 29.2 Å². The van der Waals surface area contributed by atoms with Gasteiger partial charge in [-0.2, -0.15) is 0 Å². The van der Waals surface area contributed by atoms with Gasteiger partial charge in [-0.3, -0.25) is 0 Å². The number of hydrogen-bond donors (Lipinski definition) is 1. The molecule has 0 amide bonds. The summed E-state index contributed by atoms with van der Waals surface area (Å²) in [4.78, 5) is 0. The molecule has 114 valence electrons. The molecule has 1 aromatic rings. The van der Waals surface area contributed by atoms with E-state index in [1.165, 1.54) is 0 Å². The van der Waals surface area contributed by atoms with Crippen LogP contribution in [-0.2, 0) is 0 Å². The molecule has 1 N–H and O–H groups in total. The lowest BCUT2D eigenvalue weighted by atomic mass is 10.0. The minimum atomic E-state index is 0.209. The van der Waals surface area contributed by atoms with Crippen LogP contribution in [0.1, 0.15) is 39.3 Å². The first-order valence-corrected chi connectivity index (χ1v) is 7.00. The van der Waals surface area contributed by atoms with Crippen molar-refractivity contribution < 1.29 is 14.2 Å². The minimum Gasteiger partial charge on any atom is -0.493 e. The highest BCUT2D eigenvalue weighted by molar-refractivity contribution is 5.54. The van der Waals surface area contributed by atoms with Crippen LogP contribution in [0.15, 0.2) is 12.1 Å². The lowest BCUT2D eigenvalue weighted by Gasteiger charge is -2.24. The van der Waals surface area contributed by atoms with Crippen molar-refractivity contribution in [3.05, 3.63) is 17.7 Å². The number of rotatable bonds is 7. The van der Waals surface area contributed by atoms with Crippen molar-refractivity contribution >= 4 is 0 Å². The minimum absolute atomic E-state index is 0.209. The highest BCUT2D eigenvalue weighted by Crippen LogP contribution is 2.39. The van der Waals surface area contributed by atoms with Crippen LogP contribution in [0.2, 0.25) is 0 Å². The number of hydrogen-bond acceptors (Lipinski definition) is 4. The summed E-state index contributed by atoms with van der Waals surface area (Å²) >= 11 is 0. The van der Waals surface area contributed by atoms with Gasteiger partial charge in [0.05, 0.1) is 21.3 Å². The number of benzene rings is 1. The van der Waals surface area contributed by atoms with Gasteiger partial charge in [0.15, 0.2) is 11.5 Å². The Hall–Kier alpha value is -1.42. The fourth-order valence-corrected chi connectivity index (χ4v) is 2.03. The Bertz CT molecular complexity index is 407. The summed E-state index contributed by atoms with van der Waals surface area (Å²) in [5, 5.41) is 3.58. The molecule has 4 nitrogen and oxygen atoms in total. The predicted molar refractivity (Wildman–Crippen MR) is 81.9 cm³/mol. The van der Waals surface area contributed by atoms with Gasteiger partial charge in [0, 0.05) is 12.1 Å². The lowest BCUT2D eigenvalue weighted by molar-refractivity contribution is 0.322. The Morgan fingerprint density at radius 2 is 1.35 bits per heavy atom. The zero-order valence-corrected chi connectivity index (χ0v) is 13.6. The van der Waals surface area contributed by atoms with Crippen molar-refractivity contribution in [1.29, 1.82) is 0 Å². The van der Waals surface area contributed by atoms with Gasteiger partial charge >= 0.3 is 0 Å². The molecule has 20 heavy (non-hydrogen) atoms. The highest BCUT2D eigenvalue weighted by Gasteiger charge is 2.18. The standard InChI is InChI=1S/C16H27NO3/c1-10(2)11(3)17-12(4)13-8-14(18-5)16(20-7)15(9-13)19-6/h8-12,17H,1-7H3. The quantitative estimate of drug-likeness (QED) is 0.831. The zero-order chi connectivity index (χ0) is 15.3. The molecule has 1 rings (SSSR count). The summed E-state index contributed by atoms with van der Waals surface area (Å²) in [6.07, 6.45) is 0. The second kappa shape index (κ2) is 7.39. The smallest absolute Gasteiger partial charge is 0.203 e. The molecule has 2 atom stereocenters. The molecule has 0 aromatic heterocycles. The lowest BCUT2D eigenvalue weighted by Crippen LogP contribution is -2.33. The second-order valence-corrected chi connectivity index (χ2v) is 5.38. The summed E-state index contributed by atoms with van der Waals surface area (Å²) in [6, 6.07) is 4.63. The molecule has 0 fully saturated rings. The SMILES string of the molecule is COc1cc(C(C)NC(C)C(C)C)cc(OC)c1OC. The third kappa shape index (κ3) is 3.79. The largest absolute Gasteiger partial charge is 0.493 e. The van der Waals surface area contributed by atoms with Gasteiger partial charge in [-0.1, -0.05) is 13.8 Å². The predicted octanol–water partition coefficient (Wildman–Crippen LogP) is 3.41. The Morgan fingerprint density at radius 1 is 0.850 bits per heavy atom. The maximum Gasteiger partial charge on any atom is 0.203 e. The second-order valence-electron chi connectivity index (χ2n) is 5.38. The summed E-state index contributed by atoms with van der Waals surface area (Å²) in [6.45, 7) is 8.75. The van der Waals surface area contributed by atoms with Gasteiger partial charge in [0.25, 0.3) is 0 Å². The van der Waals surface area contributed by atoms with Crippen molar-refractivity contribution in [2.24, 2.45) is 5.92 Å². The van der Waals surface area contributed by atoms with E-state index in [9.17, 15) is 0 Å². The van der Waals surface area contributed by atoms with Crippen molar-refractivity contribution in [3.63, 3.8) is 0 Å².